The van der Waals surface area contributed by atoms with Gasteiger partial charge in [0.15, 0.2) is 17.2 Å². The first-order chi connectivity index (χ1) is 14.0. The summed E-state index contributed by atoms with van der Waals surface area (Å²) in [6.45, 7) is 0. The molecule has 7 nitrogen and oxygen atoms in total. The number of methoxy groups -OCH3 is 2. The van der Waals surface area contributed by atoms with Gasteiger partial charge in [0, 0.05) is 12.3 Å². The molecule has 0 bridgehead atoms. The summed E-state index contributed by atoms with van der Waals surface area (Å²) in [5.41, 5.74) is 1.34. The van der Waals surface area contributed by atoms with Crippen LogP contribution in [0.5, 0.6) is 11.5 Å². The minimum Gasteiger partial charge on any atom is -0.493 e. The molecular weight excluding hydrogens is 379 g/mol. The highest BCUT2D eigenvalue weighted by atomic mass is 19.1. The summed E-state index contributed by atoms with van der Waals surface area (Å²) in [6.07, 6.45) is 4.38. The predicted octanol–water partition coefficient (Wildman–Crippen LogP) is 3.43. The number of nitrogens with zero attached hydrogens (tertiary/aromatic N) is 2. The minimum absolute atomic E-state index is 0.0750. The van der Waals surface area contributed by atoms with Gasteiger partial charge in [0.1, 0.15) is 5.82 Å². The average molecular weight is 396 g/mol. The van der Waals surface area contributed by atoms with Gasteiger partial charge in [-0.1, -0.05) is 6.07 Å². The van der Waals surface area contributed by atoms with Crippen LogP contribution in [0.15, 0.2) is 60.8 Å². The van der Waals surface area contributed by atoms with Crippen LogP contribution in [0.4, 0.5) is 4.39 Å². The normalized spacial score (nSPS) is 10.7. The van der Waals surface area contributed by atoms with Gasteiger partial charge in [-0.15, -0.1) is 0 Å². The molecule has 0 radical (unpaired) electrons. The Kier molecular flexibility index (Phi) is 6.03. The first kappa shape index (κ1) is 19.8. The summed E-state index contributed by atoms with van der Waals surface area (Å²) in [4.78, 5) is 23.6. The third kappa shape index (κ3) is 4.86. The second-order valence-corrected chi connectivity index (χ2v) is 5.78. The molecule has 0 N–H and O–H groups in total. The molecule has 0 spiro atoms. The molecule has 0 saturated heterocycles. The zero-order valence-electron chi connectivity index (χ0n) is 15.7. The number of hydrogen-bond acceptors (Lipinski definition) is 6. The zero-order chi connectivity index (χ0) is 20.8. The van der Waals surface area contributed by atoms with E-state index in [0.717, 1.165) is 0 Å². The standard InChI is InChI=1S/C21H17FN2O5/c1-27-19-13-14(4-10-20(25)28-2)3-9-18(19)29-21(26)17-11-12-24(23-17)16-7-5-15(22)6-8-16/h3-13H,1-2H3/b10-4+. The first-order valence-electron chi connectivity index (χ1n) is 8.48. The van der Waals surface area contributed by atoms with Crippen molar-refractivity contribution in [2.75, 3.05) is 14.2 Å². The van der Waals surface area contributed by atoms with Crippen LogP contribution in [0.3, 0.4) is 0 Å². The SMILES string of the molecule is COC(=O)/C=C/c1ccc(OC(=O)c2ccn(-c3ccc(F)cc3)n2)c(OC)c1. The van der Waals surface area contributed by atoms with Crippen molar-refractivity contribution < 1.29 is 28.2 Å². The van der Waals surface area contributed by atoms with Crippen LogP contribution in [0.25, 0.3) is 11.8 Å². The van der Waals surface area contributed by atoms with Crippen molar-refractivity contribution in [3.05, 3.63) is 77.9 Å². The molecule has 2 aromatic carbocycles. The van der Waals surface area contributed by atoms with Crippen molar-refractivity contribution >= 4 is 18.0 Å². The van der Waals surface area contributed by atoms with Crippen LogP contribution in [0.1, 0.15) is 16.1 Å². The monoisotopic (exact) mass is 396 g/mol. The van der Waals surface area contributed by atoms with Gasteiger partial charge in [0.2, 0.25) is 0 Å². The predicted molar refractivity (Wildman–Crippen MR) is 103 cm³/mol. The van der Waals surface area contributed by atoms with Gasteiger partial charge in [0.25, 0.3) is 0 Å². The van der Waals surface area contributed by atoms with Crippen LogP contribution in [0.2, 0.25) is 0 Å². The number of aromatic nitrogens is 2. The first-order valence-corrected chi connectivity index (χ1v) is 8.48. The quantitative estimate of drug-likeness (QED) is 0.361. The van der Waals surface area contributed by atoms with Gasteiger partial charge in [-0.05, 0) is 54.1 Å². The molecule has 0 amide bonds. The molecule has 0 fully saturated rings. The number of benzene rings is 2. The van der Waals surface area contributed by atoms with Crippen LogP contribution in [-0.4, -0.2) is 35.9 Å². The maximum absolute atomic E-state index is 13.0. The van der Waals surface area contributed by atoms with E-state index >= 15 is 0 Å². The molecule has 1 aromatic heterocycles. The Morgan fingerprint density at radius 3 is 2.48 bits per heavy atom. The molecule has 0 unspecified atom stereocenters. The molecule has 0 saturated carbocycles. The Bertz CT molecular complexity index is 1060. The van der Waals surface area contributed by atoms with Crippen molar-refractivity contribution in [2.24, 2.45) is 0 Å². The minimum atomic E-state index is -0.679. The molecule has 29 heavy (non-hydrogen) atoms. The number of halogens is 1. The second-order valence-electron chi connectivity index (χ2n) is 5.78. The van der Waals surface area contributed by atoms with E-state index < -0.39 is 11.9 Å². The van der Waals surface area contributed by atoms with Crippen LogP contribution in [-0.2, 0) is 9.53 Å². The fraction of sp³-hybridized carbons (Fsp3) is 0.0952. The summed E-state index contributed by atoms with van der Waals surface area (Å²) < 4.78 is 29.6. The largest absolute Gasteiger partial charge is 0.493 e. The molecule has 0 atom stereocenters. The molecule has 0 aliphatic carbocycles. The van der Waals surface area contributed by atoms with Crippen molar-refractivity contribution in [2.45, 2.75) is 0 Å². The number of carbonyl (C=O) groups is 2. The van der Waals surface area contributed by atoms with Gasteiger partial charge in [-0.25, -0.2) is 18.7 Å². The lowest BCUT2D eigenvalue weighted by Gasteiger charge is -2.09. The summed E-state index contributed by atoms with van der Waals surface area (Å²) in [6, 6.07) is 12.0. The van der Waals surface area contributed by atoms with Crippen LogP contribution < -0.4 is 9.47 Å². The van der Waals surface area contributed by atoms with E-state index in [9.17, 15) is 14.0 Å². The van der Waals surface area contributed by atoms with Gasteiger partial charge in [0.05, 0.1) is 19.9 Å². The molecule has 1 heterocycles. The third-order valence-electron chi connectivity index (χ3n) is 3.89. The number of ether oxygens (including phenoxy) is 3. The van der Waals surface area contributed by atoms with E-state index in [1.165, 1.54) is 43.2 Å². The van der Waals surface area contributed by atoms with E-state index in [0.29, 0.717) is 17.0 Å². The van der Waals surface area contributed by atoms with Crippen LogP contribution >= 0.6 is 0 Å². The van der Waals surface area contributed by atoms with Crippen molar-refractivity contribution in [3.63, 3.8) is 0 Å². The summed E-state index contributed by atoms with van der Waals surface area (Å²) in [5.74, 6) is -1.02. The molecule has 3 rings (SSSR count). The van der Waals surface area contributed by atoms with E-state index in [1.807, 2.05) is 0 Å². The summed E-state index contributed by atoms with van der Waals surface area (Å²) >= 11 is 0. The van der Waals surface area contributed by atoms with E-state index in [1.54, 1.807) is 42.6 Å². The fourth-order valence-electron chi connectivity index (χ4n) is 2.43. The summed E-state index contributed by atoms with van der Waals surface area (Å²) in [5, 5.41) is 4.15. The van der Waals surface area contributed by atoms with E-state index in [2.05, 4.69) is 9.84 Å². The highest BCUT2D eigenvalue weighted by Crippen LogP contribution is 2.29. The molecule has 3 aromatic rings. The Morgan fingerprint density at radius 2 is 1.79 bits per heavy atom. The Morgan fingerprint density at radius 1 is 1.03 bits per heavy atom. The van der Waals surface area contributed by atoms with Gasteiger partial charge in [-0.3, -0.25) is 0 Å². The van der Waals surface area contributed by atoms with Gasteiger partial charge in [-0.2, -0.15) is 5.10 Å². The van der Waals surface area contributed by atoms with E-state index in [-0.39, 0.29) is 17.3 Å². The maximum Gasteiger partial charge on any atom is 0.364 e. The molecular formula is C21H17FN2O5. The lowest BCUT2D eigenvalue weighted by molar-refractivity contribution is -0.134. The highest BCUT2D eigenvalue weighted by molar-refractivity contribution is 5.89. The van der Waals surface area contributed by atoms with Crippen molar-refractivity contribution in [3.8, 4) is 17.2 Å². The molecule has 0 aliphatic rings. The lowest BCUT2D eigenvalue weighted by atomic mass is 10.2. The summed E-state index contributed by atoms with van der Waals surface area (Å²) in [7, 11) is 2.72. The number of carbonyl (C=O) groups excluding carboxylic acids is 2. The van der Waals surface area contributed by atoms with Crippen LogP contribution in [0, 0.1) is 5.82 Å². The second kappa shape index (κ2) is 8.83. The number of hydrogen-bond donors (Lipinski definition) is 0. The Hall–Kier alpha value is -3.94. The average Bonchev–Trinajstić information content (AvgIpc) is 3.23. The number of rotatable bonds is 6. The van der Waals surface area contributed by atoms with Gasteiger partial charge < -0.3 is 14.2 Å². The van der Waals surface area contributed by atoms with Gasteiger partial charge >= 0.3 is 11.9 Å². The third-order valence-corrected chi connectivity index (χ3v) is 3.89. The maximum atomic E-state index is 13.0. The highest BCUT2D eigenvalue weighted by Gasteiger charge is 2.16. The van der Waals surface area contributed by atoms with Crippen molar-refractivity contribution in [1.29, 1.82) is 0 Å². The molecule has 0 aliphatic heterocycles. The topological polar surface area (TPSA) is 79.7 Å². The smallest absolute Gasteiger partial charge is 0.364 e. The Balaban J connectivity index is 1.75. The fourth-order valence-corrected chi connectivity index (χ4v) is 2.43. The number of esters is 2. The molecule has 8 heteroatoms. The lowest BCUT2D eigenvalue weighted by Crippen LogP contribution is -2.11. The van der Waals surface area contributed by atoms with E-state index in [4.69, 9.17) is 9.47 Å². The Labute approximate surface area is 165 Å². The zero-order valence-corrected chi connectivity index (χ0v) is 15.7. The van der Waals surface area contributed by atoms with Crippen molar-refractivity contribution in [1.82, 2.24) is 9.78 Å². The molecule has 148 valence electrons.